The molecule has 0 aromatic rings. The molecule has 4 unspecified atom stereocenters. The van der Waals surface area contributed by atoms with Crippen LogP contribution in [0.4, 0.5) is 0 Å². The molecule has 3 aliphatic rings. The summed E-state index contributed by atoms with van der Waals surface area (Å²) in [5.74, 6) is -1.56. The normalized spacial score (nSPS) is 34.0. The van der Waals surface area contributed by atoms with Crippen LogP contribution in [0.3, 0.4) is 0 Å². The molecule has 4 atom stereocenters. The van der Waals surface area contributed by atoms with E-state index in [4.69, 9.17) is 4.74 Å². The number of hydrogen-bond donors (Lipinski definition) is 1. The van der Waals surface area contributed by atoms with E-state index in [1.165, 1.54) is 11.1 Å². The maximum absolute atomic E-state index is 12.5. The number of carbonyl (C=O) groups excluding carboxylic acids is 2. The summed E-state index contributed by atoms with van der Waals surface area (Å²) in [6.45, 7) is 5.94. The third kappa shape index (κ3) is 1.48. The van der Waals surface area contributed by atoms with E-state index in [1.54, 1.807) is 6.92 Å². The van der Waals surface area contributed by atoms with E-state index in [2.05, 4.69) is 0 Å². The molecule has 1 fully saturated rings. The van der Waals surface area contributed by atoms with E-state index in [-0.39, 0.29) is 47.4 Å². The average Bonchev–Trinajstić information content (AvgIpc) is 3.00. The van der Waals surface area contributed by atoms with Crippen LogP contribution >= 0.6 is 0 Å². The third-order valence-corrected chi connectivity index (χ3v) is 4.58. The molecule has 0 amide bonds. The standard InChI is InChI=1S/C16H18O4/c1-4-20-16(19)13-14(17)11-8-5-6-9(10(8)7(2)3)12(11)15(13)18/h5-6,8-9,11-12,17H,4H2,1-3H3. The lowest BCUT2D eigenvalue weighted by Crippen LogP contribution is -2.24. The average molecular weight is 274 g/mol. The molecule has 0 heterocycles. The molecule has 1 saturated carbocycles. The quantitative estimate of drug-likeness (QED) is 0.477. The molecule has 0 aromatic heterocycles. The van der Waals surface area contributed by atoms with Gasteiger partial charge in [0, 0.05) is 23.7 Å². The predicted octanol–water partition coefficient (Wildman–Crippen LogP) is 2.33. The highest BCUT2D eigenvalue weighted by molar-refractivity contribution is 6.21. The molecule has 0 aliphatic heterocycles. The zero-order valence-corrected chi connectivity index (χ0v) is 11.8. The second kappa shape index (κ2) is 4.33. The highest BCUT2D eigenvalue weighted by Gasteiger charge is 2.59. The van der Waals surface area contributed by atoms with Gasteiger partial charge in [0.15, 0.2) is 5.78 Å². The fraction of sp³-hybridized carbons (Fsp3) is 0.500. The minimum Gasteiger partial charge on any atom is -0.511 e. The largest absolute Gasteiger partial charge is 0.511 e. The van der Waals surface area contributed by atoms with Gasteiger partial charge in [-0.05, 0) is 20.8 Å². The van der Waals surface area contributed by atoms with Gasteiger partial charge in [0.25, 0.3) is 0 Å². The Kier molecular flexibility index (Phi) is 2.85. The zero-order valence-electron chi connectivity index (χ0n) is 11.8. The Balaban J connectivity index is 2.04. The molecule has 0 radical (unpaired) electrons. The Morgan fingerprint density at radius 3 is 2.35 bits per heavy atom. The van der Waals surface area contributed by atoms with Crippen LogP contribution in [0.5, 0.6) is 0 Å². The number of ether oxygens (including phenoxy) is 1. The van der Waals surface area contributed by atoms with Crippen molar-refractivity contribution in [3.63, 3.8) is 0 Å². The SMILES string of the molecule is CCOC(=O)C1=C(O)C2C3C=CC(C3=C(C)C)C2C1=O. The number of ketones is 1. The fourth-order valence-corrected chi connectivity index (χ4v) is 3.94. The van der Waals surface area contributed by atoms with E-state index in [9.17, 15) is 14.7 Å². The Morgan fingerprint density at radius 1 is 1.25 bits per heavy atom. The van der Waals surface area contributed by atoms with E-state index < -0.39 is 5.97 Å². The minimum atomic E-state index is -0.692. The predicted molar refractivity (Wildman–Crippen MR) is 72.8 cm³/mol. The molecule has 0 aromatic carbocycles. The number of allylic oxidation sites excluding steroid dienone is 5. The van der Waals surface area contributed by atoms with Crippen LogP contribution in [0, 0.1) is 23.7 Å². The van der Waals surface area contributed by atoms with Crippen LogP contribution in [0.2, 0.25) is 0 Å². The molecular weight excluding hydrogens is 256 g/mol. The number of Topliss-reactive ketones (excluding diaryl/α,β-unsaturated/α-hetero) is 1. The van der Waals surface area contributed by atoms with Gasteiger partial charge in [0.05, 0.1) is 6.61 Å². The summed E-state index contributed by atoms with van der Waals surface area (Å²) < 4.78 is 4.89. The first-order chi connectivity index (χ1) is 9.49. The number of aliphatic hydroxyl groups is 1. The maximum Gasteiger partial charge on any atom is 0.345 e. The summed E-state index contributed by atoms with van der Waals surface area (Å²) in [5.41, 5.74) is 2.29. The van der Waals surface area contributed by atoms with E-state index in [1.807, 2.05) is 26.0 Å². The molecule has 4 nitrogen and oxygen atoms in total. The second-order valence-electron chi connectivity index (χ2n) is 5.79. The van der Waals surface area contributed by atoms with Crippen molar-refractivity contribution < 1.29 is 19.4 Å². The fourth-order valence-electron chi connectivity index (χ4n) is 3.94. The Morgan fingerprint density at radius 2 is 1.85 bits per heavy atom. The Bertz CT molecular complexity index is 590. The highest BCUT2D eigenvalue weighted by atomic mass is 16.5. The van der Waals surface area contributed by atoms with Crippen molar-refractivity contribution in [2.45, 2.75) is 20.8 Å². The molecule has 3 aliphatic carbocycles. The van der Waals surface area contributed by atoms with Gasteiger partial charge in [-0.25, -0.2) is 4.79 Å². The number of hydrogen-bond acceptors (Lipinski definition) is 4. The minimum absolute atomic E-state index is 0.0246. The molecule has 3 rings (SSSR count). The van der Waals surface area contributed by atoms with Crippen molar-refractivity contribution in [3.8, 4) is 0 Å². The highest BCUT2D eigenvalue weighted by Crippen LogP contribution is 2.59. The van der Waals surface area contributed by atoms with Gasteiger partial charge in [-0.15, -0.1) is 0 Å². The van der Waals surface area contributed by atoms with E-state index >= 15 is 0 Å². The number of carbonyl (C=O) groups is 2. The van der Waals surface area contributed by atoms with Crippen LogP contribution in [0.25, 0.3) is 0 Å². The molecular formula is C16H18O4. The monoisotopic (exact) mass is 274 g/mol. The summed E-state index contributed by atoms with van der Waals surface area (Å²) in [4.78, 5) is 24.3. The maximum atomic E-state index is 12.5. The number of esters is 1. The van der Waals surface area contributed by atoms with Gasteiger partial charge < -0.3 is 9.84 Å². The van der Waals surface area contributed by atoms with Crippen LogP contribution in [0.15, 0.2) is 34.6 Å². The lowest BCUT2D eigenvalue weighted by molar-refractivity contribution is -0.140. The van der Waals surface area contributed by atoms with Gasteiger partial charge in [-0.1, -0.05) is 23.3 Å². The molecule has 4 heteroatoms. The van der Waals surface area contributed by atoms with Gasteiger partial charge >= 0.3 is 5.97 Å². The van der Waals surface area contributed by atoms with Crippen LogP contribution in [-0.2, 0) is 14.3 Å². The van der Waals surface area contributed by atoms with Crippen molar-refractivity contribution in [2.75, 3.05) is 6.61 Å². The molecule has 106 valence electrons. The topological polar surface area (TPSA) is 63.6 Å². The summed E-state index contributed by atoms with van der Waals surface area (Å²) >= 11 is 0. The van der Waals surface area contributed by atoms with Crippen molar-refractivity contribution in [1.82, 2.24) is 0 Å². The van der Waals surface area contributed by atoms with Gasteiger partial charge in [0.1, 0.15) is 11.3 Å². The molecule has 2 bridgehead atoms. The second-order valence-corrected chi connectivity index (χ2v) is 5.79. The van der Waals surface area contributed by atoms with Gasteiger partial charge in [0.2, 0.25) is 0 Å². The van der Waals surface area contributed by atoms with Gasteiger partial charge in [-0.2, -0.15) is 0 Å². The van der Waals surface area contributed by atoms with Crippen LogP contribution in [0.1, 0.15) is 20.8 Å². The summed E-state index contributed by atoms with van der Waals surface area (Å²) in [7, 11) is 0. The molecule has 1 N–H and O–H groups in total. The zero-order chi connectivity index (χ0) is 14.6. The molecule has 0 saturated heterocycles. The summed E-state index contributed by atoms with van der Waals surface area (Å²) in [6, 6.07) is 0. The van der Waals surface area contributed by atoms with Crippen molar-refractivity contribution in [3.05, 3.63) is 34.6 Å². The number of aliphatic hydroxyl groups excluding tert-OH is 1. The molecule has 20 heavy (non-hydrogen) atoms. The van der Waals surface area contributed by atoms with E-state index in [0.29, 0.717) is 0 Å². The van der Waals surface area contributed by atoms with Crippen LogP contribution in [-0.4, -0.2) is 23.5 Å². The van der Waals surface area contributed by atoms with Crippen molar-refractivity contribution >= 4 is 11.8 Å². The van der Waals surface area contributed by atoms with E-state index in [0.717, 1.165) is 0 Å². The first-order valence-electron chi connectivity index (χ1n) is 6.99. The van der Waals surface area contributed by atoms with Crippen molar-refractivity contribution in [2.24, 2.45) is 23.7 Å². The first-order valence-corrected chi connectivity index (χ1v) is 6.99. The Hall–Kier alpha value is -1.84. The third-order valence-electron chi connectivity index (χ3n) is 4.58. The summed E-state index contributed by atoms with van der Waals surface area (Å²) in [6.07, 6.45) is 4.08. The summed E-state index contributed by atoms with van der Waals surface area (Å²) in [5, 5.41) is 10.3. The number of rotatable bonds is 2. The van der Waals surface area contributed by atoms with Crippen molar-refractivity contribution in [1.29, 1.82) is 0 Å². The Labute approximate surface area is 117 Å². The van der Waals surface area contributed by atoms with Gasteiger partial charge in [-0.3, -0.25) is 4.79 Å². The first kappa shape index (κ1) is 13.2. The number of fused-ring (bicyclic) bond motifs is 5. The lowest BCUT2D eigenvalue weighted by atomic mass is 9.84. The van der Waals surface area contributed by atoms with Crippen LogP contribution < -0.4 is 0 Å². The lowest BCUT2D eigenvalue weighted by Gasteiger charge is -2.18. The molecule has 0 spiro atoms. The smallest absolute Gasteiger partial charge is 0.345 e.